The number of aromatic nitrogens is 2. The van der Waals surface area contributed by atoms with Gasteiger partial charge in [-0.15, -0.1) is 0 Å². The van der Waals surface area contributed by atoms with Crippen molar-refractivity contribution in [3.05, 3.63) is 12.3 Å². The van der Waals surface area contributed by atoms with E-state index in [2.05, 4.69) is 22.2 Å². The zero-order chi connectivity index (χ0) is 12.0. The second-order valence-corrected chi connectivity index (χ2v) is 4.13. The van der Waals surface area contributed by atoms with E-state index in [1.54, 1.807) is 6.20 Å². The first kappa shape index (κ1) is 12.7. The molecule has 1 aromatic heterocycles. The molecule has 5 nitrogen and oxygen atoms in total. The molecule has 0 aliphatic rings. The van der Waals surface area contributed by atoms with Gasteiger partial charge >= 0.3 is 0 Å². The van der Waals surface area contributed by atoms with Crippen LogP contribution in [0.15, 0.2) is 12.3 Å². The summed E-state index contributed by atoms with van der Waals surface area (Å²) in [6.45, 7) is 3.14. The molecule has 1 aromatic rings. The molecule has 0 radical (unpaired) electrons. The molecule has 90 valence electrons. The fourth-order valence-electron chi connectivity index (χ4n) is 1.26. The summed E-state index contributed by atoms with van der Waals surface area (Å²) in [5, 5.41) is 12.0. The van der Waals surface area contributed by atoms with Crippen molar-refractivity contribution in [2.75, 3.05) is 37.5 Å². The second-order valence-electron chi connectivity index (χ2n) is 4.13. The topological polar surface area (TPSA) is 61.3 Å². The minimum atomic E-state index is 0.232. The van der Waals surface area contributed by atoms with Crippen molar-refractivity contribution in [1.29, 1.82) is 0 Å². The lowest BCUT2D eigenvalue weighted by atomic mass is 10.1. The predicted octanol–water partition coefficient (Wildman–Crippen LogP) is 0.973. The van der Waals surface area contributed by atoms with Gasteiger partial charge < -0.3 is 15.3 Å². The van der Waals surface area contributed by atoms with Gasteiger partial charge in [0.1, 0.15) is 5.82 Å². The van der Waals surface area contributed by atoms with Crippen LogP contribution >= 0.6 is 0 Å². The Balaban J connectivity index is 2.50. The third-order valence-corrected chi connectivity index (χ3v) is 2.30. The smallest absolute Gasteiger partial charge is 0.226 e. The molecule has 1 heterocycles. The highest BCUT2D eigenvalue weighted by atomic mass is 16.3. The van der Waals surface area contributed by atoms with E-state index in [9.17, 15) is 0 Å². The van der Waals surface area contributed by atoms with Crippen molar-refractivity contribution in [3.8, 4) is 0 Å². The molecule has 0 fully saturated rings. The monoisotopic (exact) mass is 224 g/mol. The Morgan fingerprint density at radius 1 is 1.50 bits per heavy atom. The molecule has 0 amide bonds. The maximum absolute atomic E-state index is 8.79. The van der Waals surface area contributed by atoms with E-state index in [0.29, 0.717) is 11.9 Å². The highest BCUT2D eigenvalue weighted by molar-refractivity contribution is 5.40. The highest BCUT2D eigenvalue weighted by Crippen LogP contribution is 2.09. The van der Waals surface area contributed by atoms with Crippen LogP contribution in [0.4, 0.5) is 11.8 Å². The van der Waals surface area contributed by atoms with Gasteiger partial charge in [-0.2, -0.15) is 4.98 Å². The molecule has 1 rings (SSSR count). The molecular weight excluding hydrogens is 204 g/mol. The molecule has 0 saturated carbocycles. The molecule has 0 saturated heterocycles. The van der Waals surface area contributed by atoms with E-state index >= 15 is 0 Å². The number of aliphatic hydroxyl groups is 1. The minimum absolute atomic E-state index is 0.232. The molecule has 0 aromatic carbocycles. The Hall–Kier alpha value is -1.36. The van der Waals surface area contributed by atoms with Gasteiger partial charge in [0.05, 0.1) is 0 Å². The third-order valence-electron chi connectivity index (χ3n) is 2.30. The van der Waals surface area contributed by atoms with Crippen LogP contribution < -0.4 is 10.2 Å². The standard InChI is InChI=1S/C11H20N4O/c1-9(5-7-16)8-13-10-4-6-12-11(14-10)15(2)3/h4,6,9,16H,5,7-8H2,1-3H3,(H,12,13,14). The van der Waals surface area contributed by atoms with Gasteiger partial charge in [0.15, 0.2) is 0 Å². The lowest BCUT2D eigenvalue weighted by Crippen LogP contribution is -2.16. The SMILES string of the molecule is CC(CCO)CNc1ccnc(N(C)C)n1. The second kappa shape index (κ2) is 6.27. The molecule has 1 unspecified atom stereocenters. The lowest BCUT2D eigenvalue weighted by Gasteiger charge is -2.14. The van der Waals surface area contributed by atoms with Gasteiger partial charge in [-0.3, -0.25) is 0 Å². The fourth-order valence-corrected chi connectivity index (χ4v) is 1.26. The first-order valence-electron chi connectivity index (χ1n) is 5.48. The van der Waals surface area contributed by atoms with E-state index in [4.69, 9.17) is 5.11 Å². The number of hydrogen-bond donors (Lipinski definition) is 2. The van der Waals surface area contributed by atoms with Gasteiger partial charge in [0.25, 0.3) is 0 Å². The Kier molecular flexibility index (Phi) is 4.98. The Bertz CT molecular complexity index is 317. The van der Waals surface area contributed by atoms with Crippen molar-refractivity contribution >= 4 is 11.8 Å². The summed E-state index contributed by atoms with van der Waals surface area (Å²) in [5.74, 6) is 1.95. The zero-order valence-corrected chi connectivity index (χ0v) is 10.1. The van der Waals surface area contributed by atoms with Gasteiger partial charge in [-0.05, 0) is 18.4 Å². The Morgan fingerprint density at radius 2 is 2.25 bits per heavy atom. The van der Waals surface area contributed by atoms with Crippen LogP contribution in [0.5, 0.6) is 0 Å². The molecule has 16 heavy (non-hydrogen) atoms. The fraction of sp³-hybridized carbons (Fsp3) is 0.636. The normalized spacial score (nSPS) is 12.2. The number of rotatable bonds is 6. The van der Waals surface area contributed by atoms with Crippen LogP contribution in [0.25, 0.3) is 0 Å². The van der Waals surface area contributed by atoms with Crippen molar-refractivity contribution in [3.63, 3.8) is 0 Å². The summed E-state index contributed by atoms with van der Waals surface area (Å²) >= 11 is 0. The van der Waals surface area contributed by atoms with Crippen molar-refractivity contribution in [2.24, 2.45) is 5.92 Å². The maximum Gasteiger partial charge on any atom is 0.226 e. The van der Waals surface area contributed by atoms with Gasteiger partial charge in [0, 0.05) is 33.4 Å². The van der Waals surface area contributed by atoms with Crippen molar-refractivity contribution in [2.45, 2.75) is 13.3 Å². The number of hydrogen-bond acceptors (Lipinski definition) is 5. The summed E-state index contributed by atoms with van der Waals surface area (Å²) in [6, 6.07) is 1.85. The van der Waals surface area contributed by atoms with Gasteiger partial charge in [-0.1, -0.05) is 6.92 Å². The summed E-state index contributed by atoms with van der Waals surface area (Å²) in [5.41, 5.74) is 0. The van der Waals surface area contributed by atoms with Crippen LogP contribution in [0.3, 0.4) is 0 Å². The maximum atomic E-state index is 8.79. The largest absolute Gasteiger partial charge is 0.396 e. The van der Waals surface area contributed by atoms with E-state index in [0.717, 1.165) is 18.8 Å². The van der Waals surface area contributed by atoms with Crippen molar-refractivity contribution in [1.82, 2.24) is 9.97 Å². The van der Waals surface area contributed by atoms with Gasteiger partial charge in [-0.25, -0.2) is 4.98 Å². The van der Waals surface area contributed by atoms with Crippen LogP contribution in [-0.4, -0.2) is 42.3 Å². The molecule has 1 atom stereocenters. The molecule has 5 heteroatoms. The number of nitrogens with one attached hydrogen (secondary N) is 1. The van der Waals surface area contributed by atoms with E-state index < -0.39 is 0 Å². The predicted molar refractivity (Wildman–Crippen MR) is 65.7 cm³/mol. The average Bonchev–Trinajstić information content (AvgIpc) is 2.27. The van der Waals surface area contributed by atoms with E-state index in [1.165, 1.54) is 0 Å². The van der Waals surface area contributed by atoms with E-state index in [-0.39, 0.29) is 6.61 Å². The first-order valence-corrected chi connectivity index (χ1v) is 5.48. The minimum Gasteiger partial charge on any atom is -0.396 e. The first-order chi connectivity index (χ1) is 7.63. The zero-order valence-electron chi connectivity index (χ0n) is 10.1. The van der Waals surface area contributed by atoms with Gasteiger partial charge in [0.2, 0.25) is 5.95 Å². The molecular formula is C11H20N4O. The van der Waals surface area contributed by atoms with Crippen LogP contribution in [-0.2, 0) is 0 Å². The lowest BCUT2D eigenvalue weighted by molar-refractivity contribution is 0.266. The Morgan fingerprint density at radius 3 is 2.88 bits per heavy atom. The summed E-state index contributed by atoms with van der Waals surface area (Å²) < 4.78 is 0. The summed E-state index contributed by atoms with van der Waals surface area (Å²) in [7, 11) is 3.82. The average molecular weight is 224 g/mol. The van der Waals surface area contributed by atoms with Crippen molar-refractivity contribution < 1.29 is 5.11 Å². The molecule has 0 bridgehead atoms. The summed E-state index contributed by atoms with van der Waals surface area (Å²) in [4.78, 5) is 10.3. The number of anilines is 2. The quantitative estimate of drug-likeness (QED) is 0.754. The molecule has 0 aliphatic carbocycles. The molecule has 0 aliphatic heterocycles. The molecule has 2 N–H and O–H groups in total. The molecule has 0 spiro atoms. The van der Waals surface area contributed by atoms with Crippen LogP contribution in [0, 0.1) is 5.92 Å². The Labute approximate surface area is 96.5 Å². The highest BCUT2D eigenvalue weighted by Gasteiger charge is 2.03. The summed E-state index contributed by atoms with van der Waals surface area (Å²) in [6.07, 6.45) is 2.54. The number of aliphatic hydroxyl groups excluding tert-OH is 1. The van der Waals surface area contributed by atoms with Crippen LogP contribution in [0.1, 0.15) is 13.3 Å². The number of nitrogens with zero attached hydrogens (tertiary/aromatic N) is 3. The van der Waals surface area contributed by atoms with E-state index in [1.807, 2.05) is 25.1 Å². The third kappa shape index (κ3) is 4.02. The van der Waals surface area contributed by atoms with Crippen LogP contribution in [0.2, 0.25) is 0 Å².